The summed E-state index contributed by atoms with van der Waals surface area (Å²) in [6, 6.07) is 5.26. The Kier molecular flexibility index (Phi) is 3.99. The maximum Gasteiger partial charge on any atom is 0.252 e. The number of carbonyl (C=O) groups excluding carboxylic acids is 1. The molecule has 6 heteroatoms. The predicted octanol–water partition coefficient (Wildman–Crippen LogP) is 2.11. The molecule has 5 nitrogen and oxygen atoms in total. The van der Waals surface area contributed by atoms with Gasteiger partial charge in [-0.3, -0.25) is 4.79 Å². The Morgan fingerprint density at radius 3 is 3.06 bits per heavy atom. The Morgan fingerprint density at radius 1 is 1.56 bits per heavy atom. The summed E-state index contributed by atoms with van der Waals surface area (Å²) in [7, 11) is 1.57. The van der Waals surface area contributed by atoms with Crippen LogP contribution in [0.15, 0.2) is 35.2 Å². The van der Waals surface area contributed by atoms with Crippen LogP contribution in [0, 0.1) is 0 Å². The first kappa shape index (κ1) is 12.6. The summed E-state index contributed by atoms with van der Waals surface area (Å²) in [6.07, 6.45) is 3.24. The van der Waals surface area contributed by atoms with Crippen molar-refractivity contribution < 1.29 is 9.53 Å². The molecule has 0 radical (unpaired) electrons. The highest BCUT2D eigenvalue weighted by Gasteiger charge is 2.11. The molecule has 0 aliphatic rings. The van der Waals surface area contributed by atoms with Gasteiger partial charge in [0.1, 0.15) is 5.75 Å². The summed E-state index contributed by atoms with van der Waals surface area (Å²) in [5, 5.41) is 2.80. The maximum absolute atomic E-state index is 12.0. The van der Waals surface area contributed by atoms with E-state index in [1.807, 2.05) is 0 Å². The number of rotatable bonds is 4. The first-order valence-corrected chi connectivity index (χ1v) is 6.09. The zero-order valence-electron chi connectivity index (χ0n) is 9.74. The van der Waals surface area contributed by atoms with Crippen LogP contribution in [0.25, 0.3) is 0 Å². The van der Waals surface area contributed by atoms with Gasteiger partial charge in [0.25, 0.3) is 5.91 Å². The van der Waals surface area contributed by atoms with Crippen LogP contribution in [0.1, 0.15) is 16.1 Å². The number of ether oxygens (including phenoxy) is 1. The second-order valence-corrected chi connectivity index (χ2v) is 4.46. The highest BCUT2D eigenvalue weighted by Crippen LogP contribution is 2.22. The number of carbonyl (C=O) groups is 1. The molecular weight excluding hydrogens is 298 g/mol. The van der Waals surface area contributed by atoms with Crippen LogP contribution in [0.4, 0.5) is 0 Å². The third-order valence-electron chi connectivity index (χ3n) is 2.41. The summed E-state index contributed by atoms with van der Waals surface area (Å²) >= 11 is 3.34. The number of amides is 1. The van der Waals surface area contributed by atoms with E-state index in [-0.39, 0.29) is 5.91 Å². The van der Waals surface area contributed by atoms with E-state index >= 15 is 0 Å². The number of imidazole rings is 1. The summed E-state index contributed by atoms with van der Waals surface area (Å²) in [5.74, 6) is 0.472. The van der Waals surface area contributed by atoms with Crippen LogP contribution in [0.2, 0.25) is 0 Å². The molecule has 1 aromatic carbocycles. The van der Waals surface area contributed by atoms with Gasteiger partial charge < -0.3 is 15.0 Å². The minimum absolute atomic E-state index is 0.171. The van der Waals surface area contributed by atoms with E-state index in [1.165, 1.54) is 0 Å². The summed E-state index contributed by atoms with van der Waals surface area (Å²) < 4.78 is 5.82. The number of halogens is 1. The lowest BCUT2D eigenvalue weighted by atomic mass is 10.2. The Hall–Kier alpha value is -1.82. The van der Waals surface area contributed by atoms with Gasteiger partial charge >= 0.3 is 0 Å². The van der Waals surface area contributed by atoms with E-state index in [1.54, 1.807) is 37.8 Å². The van der Waals surface area contributed by atoms with E-state index in [2.05, 4.69) is 31.2 Å². The van der Waals surface area contributed by atoms with Crippen molar-refractivity contribution >= 4 is 21.8 Å². The maximum atomic E-state index is 12.0. The van der Waals surface area contributed by atoms with Crippen LogP contribution >= 0.6 is 15.9 Å². The molecule has 0 aliphatic heterocycles. The SMILES string of the molecule is COc1ccc(Br)c(C(=O)NCc2cnc[nH]2)c1. The zero-order chi connectivity index (χ0) is 13.0. The number of H-pyrrole nitrogens is 1. The fraction of sp³-hybridized carbons (Fsp3) is 0.167. The molecule has 2 N–H and O–H groups in total. The molecule has 2 rings (SSSR count). The van der Waals surface area contributed by atoms with Gasteiger partial charge in [0, 0.05) is 10.7 Å². The molecule has 1 heterocycles. The second-order valence-electron chi connectivity index (χ2n) is 3.61. The lowest BCUT2D eigenvalue weighted by Gasteiger charge is -2.07. The molecule has 94 valence electrons. The van der Waals surface area contributed by atoms with Gasteiger partial charge in [0.15, 0.2) is 0 Å². The van der Waals surface area contributed by atoms with E-state index < -0.39 is 0 Å². The molecule has 0 aliphatic carbocycles. The van der Waals surface area contributed by atoms with Gasteiger partial charge in [-0.05, 0) is 34.1 Å². The molecule has 1 aromatic heterocycles. The molecule has 0 unspecified atom stereocenters. The number of aromatic amines is 1. The molecular formula is C12H12BrN3O2. The number of aromatic nitrogens is 2. The Bertz CT molecular complexity index is 540. The van der Waals surface area contributed by atoms with Crippen molar-refractivity contribution in [2.24, 2.45) is 0 Å². The third-order valence-corrected chi connectivity index (χ3v) is 3.10. The quantitative estimate of drug-likeness (QED) is 0.909. The number of hydrogen-bond donors (Lipinski definition) is 2. The first-order valence-electron chi connectivity index (χ1n) is 5.29. The van der Waals surface area contributed by atoms with Crippen molar-refractivity contribution in [2.45, 2.75) is 6.54 Å². The average molecular weight is 310 g/mol. The topological polar surface area (TPSA) is 67.0 Å². The van der Waals surface area contributed by atoms with Crippen molar-refractivity contribution in [3.8, 4) is 5.75 Å². The monoisotopic (exact) mass is 309 g/mol. The van der Waals surface area contributed by atoms with Crippen molar-refractivity contribution in [1.29, 1.82) is 0 Å². The van der Waals surface area contributed by atoms with Crippen molar-refractivity contribution in [2.75, 3.05) is 7.11 Å². The third kappa shape index (κ3) is 2.89. The van der Waals surface area contributed by atoms with Gasteiger partial charge in [-0.25, -0.2) is 4.98 Å². The highest BCUT2D eigenvalue weighted by molar-refractivity contribution is 9.10. The second kappa shape index (κ2) is 5.68. The van der Waals surface area contributed by atoms with Gasteiger partial charge in [-0.15, -0.1) is 0 Å². The Morgan fingerprint density at radius 2 is 2.39 bits per heavy atom. The van der Waals surface area contributed by atoms with Crippen molar-refractivity contribution in [3.63, 3.8) is 0 Å². The Labute approximate surface area is 113 Å². The normalized spacial score (nSPS) is 10.1. The molecule has 0 spiro atoms. The van der Waals surface area contributed by atoms with Crippen LogP contribution in [-0.2, 0) is 6.54 Å². The van der Waals surface area contributed by atoms with E-state index in [9.17, 15) is 4.79 Å². The fourth-order valence-electron chi connectivity index (χ4n) is 1.46. The standard InChI is InChI=1S/C12H12BrN3O2/c1-18-9-2-3-11(13)10(4-9)12(17)15-6-8-5-14-7-16-8/h2-5,7H,6H2,1H3,(H,14,16)(H,15,17). The summed E-state index contributed by atoms with van der Waals surface area (Å²) in [4.78, 5) is 18.8. The lowest BCUT2D eigenvalue weighted by molar-refractivity contribution is 0.0949. The predicted molar refractivity (Wildman–Crippen MR) is 70.5 cm³/mol. The zero-order valence-corrected chi connectivity index (χ0v) is 11.3. The minimum atomic E-state index is -0.171. The van der Waals surface area contributed by atoms with Gasteiger partial charge in [-0.1, -0.05) is 0 Å². The minimum Gasteiger partial charge on any atom is -0.497 e. The van der Waals surface area contributed by atoms with Crippen LogP contribution in [0.3, 0.4) is 0 Å². The molecule has 1 amide bonds. The molecule has 0 fully saturated rings. The van der Waals surface area contributed by atoms with E-state index in [4.69, 9.17) is 4.74 Å². The molecule has 0 atom stereocenters. The smallest absolute Gasteiger partial charge is 0.252 e. The fourth-order valence-corrected chi connectivity index (χ4v) is 1.88. The van der Waals surface area contributed by atoms with Crippen molar-refractivity contribution in [1.82, 2.24) is 15.3 Å². The van der Waals surface area contributed by atoms with Gasteiger partial charge in [0.2, 0.25) is 0 Å². The number of nitrogens with zero attached hydrogens (tertiary/aromatic N) is 1. The summed E-state index contributed by atoms with van der Waals surface area (Å²) in [6.45, 7) is 0.405. The molecule has 0 bridgehead atoms. The summed E-state index contributed by atoms with van der Waals surface area (Å²) in [5.41, 5.74) is 1.39. The molecule has 0 saturated carbocycles. The average Bonchev–Trinajstić information content (AvgIpc) is 2.89. The van der Waals surface area contributed by atoms with Crippen LogP contribution in [0.5, 0.6) is 5.75 Å². The van der Waals surface area contributed by atoms with Crippen LogP contribution < -0.4 is 10.1 Å². The van der Waals surface area contributed by atoms with Crippen molar-refractivity contribution in [3.05, 3.63) is 46.5 Å². The van der Waals surface area contributed by atoms with Crippen LogP contribution in [-0.4, -0.2) is 23.0 Å². The highest BCUT2D eigenvalue weighted by atomic mass is 79.9. The first-order chi connectivity index (χ1) is 8.70. The lowest BCUT2D eigenvalue weighted by Crippen LogP contribution is -2.23. The number of hydrogen-bond acceptors (Lipinski definition) is 3. The molecule has 0 saturated heterocycles. The molecule has 2 aromatic rings. The Balaban J connectivity index is 2.08. The number of methoxy groups -OCH3 is 1. The number of nitrogens with one attached hydrogen (secondary N) is 2. The van der Waals surface area contributed by atoms with Gasteiger partial charge in [-0.2, -0.15) is 0 Å². The van der Waals surface area contributed by atoms with Gasteiger partial charge in [0.05, 0.1) is 31.2 Å². The molecule has 18 heavy (non-hydrogen) atoms. The van der Waals surface area contributed by atoms with E-state index in [0.717, 1.165) is 10.2 Å². The number of benzene rings is 1. The largest absolute Gasteiger partial charge is 0.497 e. The van der Waals surface area contributed by atoms with E-state index in [0.29, 0.717) is 17.9 Å².